The number of sulfone groups is 1. The smallest absolute Gasteiger partial charge is 0.205 e. The highest BCUT2D eigenvalue weighted by Gasteiger charge is 2.30. The molecule has 4 nitrogen and oxygen atoms in total. The molecule has 0 amide bonds. The monoisotopic (exact) mass is 311 g/mol. The first-order valence-corrected chi connectivity index (χ1v) is 7.56. The molecular weight excluding hydrogens is 302 g/mol. The minimum atomic E-state index is -3.29. The van der Waals surface area contributed by atoms with Crippen LogP contribution in [0.1, 0.15) is 0 Å². The van der Waals surface area contributed by atoms with Gasteiger partial charge < -0.3 is 4.74 Å². The molecule has 1 fully saturated rings. The quantitative estimate of drug-likeness (QED) is 0.892. The van der Waals surface area contributed by atoms with Crippen molar-refractivity contribution in [2.45, 2.75) is 9.58 Å². The van der Waals surface area contributed by atoms with E-state index in [4.69, 9.17) is 4.74 Å². The van der Waals surface area contributed by atoms with Crippen molar-refractivity contribution in [3.05, 3.63) is 15.9 Å². The second kappa shape index (κ2) is 4.50. The highest BCUT2D eigenvalue weighted by Crippen LogP contribution is 2.28. The number of morpholine rings is 1. The van der Waals surface area contributed by atoms with Crippen LogP contribution in [0, 0.1) is 0 Å². The Morgan fingerprint density at radius 1 is 1.53 bits per heavy atom. The first kappa shape index (κ1) is 11.5. The van der Waals surface area contributed by atoms with Crippen LogP contribution >= 0.6 is 27.3 Å². The van der Waals surface area contributed by atoms with Crippen molar-refractivity contribution in [1.82, 2.24) is 5.32 Å². The topological polar surface area (TPSA) is 55.4 Å². The molecule has 1 aromatic heterocycles. The molecular formula is C8H10BrNO3S2. The maximum absolute atomic E-state index is 12.0. The lowest BCUT2D eigenvalue weighted by atomic mass is 10.5. The molecule has 7 heteroatoms. The van der Waals surface area contributed by atoms with Gasteiger partial charge in [0.1, 0.15) is 9.58 Å². The third-order valence-corrected chi connectivity index (χ3v) is 6.21. The third kappa shape index (κ3) is 2.42. The van der Waals surface area contributed by atoms with Crippen LogP contribution in [0.25, 0.3) is 0 Å². The van der Waals surface area contributed by atoms with E-state index in [1.54, 1.807) is 12.1 Å². The van der Waals surface area contributed by atoms with E-state index in [1.807, 2.05) is 0 Å². The largest absolute Gasteiger partial charge is 0.377 e. The predicted molar refractivity (Wildman–Crippen MR) is 61.8 cm³/mol. The minimum Gasteiger partial charge on any atom is -0.377 e. The molecule has 0 radical (unpaired) electrons. The SMILES string of the molecule is O=S(=O)(c1ccc(Br)s1)C1COCCN1. The van der Waals surface area contributed by atoms with Gasteiger partial charge in [0.15, 0.2) is 0 Å². The van der Waals surface area contributed by atoms with Gasteiger partial charge in [-0.05, 0) is 28.1 Å². The minimum absolute atomic E-state index is 0.220. The molecule has 1 N–H and O–H groups in total. The summed E-state index contributed by atoms with van der Waals surface area (Å²) in [5.74, 6) is 0. The fraction of sp³-hybridized carbons (Fsp3) is 0.500. The molecule has 15 heavy (non-hydrogen) atoms. The summed E-state index contributed by atoms with van der Waals surface area (Å²) >= 11 is 4.47. The Labute approximate surface area is 101 Å². The molecule has 1 atom stereocenters. The van der Waals surface area contributed by atoms with Gasteiger partial charge in [-0.25, -0.2) is 8.42 Å². The van der Waals surface area contributed by atoms with Crippen LogP contribution in [-0.2, 0) is 14.6 Å². The zero-order chi connectivity index (χ0) is 10.9. The average Bonchev–Trinajstić information content (AvgIpc) is 2.67. The lowest BCUT2D eigenvalue weighted by molar-refractivity contribution is 0.0978. The van der Waals surface area contributed by atoms with E-state index in [0.29, 0.717) is 17.4 Å². The molecule has 2 rings (SSSR count). The first-order chi connectivity index (χ1) is 7.10. The van der Waals surface area contributed by atoms with Gasteiger partial charge in [0, 0.05) is 6.54 Å². The summed E-state index contributed by atoms with van der Waals surface area (Å²) in [6.45, 7) is 1.37. The summed E-state index contributed by atoms with van der Waals surface area (Å²) in [7, 11) is -3.29. The number of hydrogen-bond acceptors (Lipinski definition) is 5. The lowest BCUT2D eigenvalue weighted by Gasteiger charge is -2.22. The van der Waals surface area contributed by atoms with Gasteiger partial charge in [-0.2, -0.15) is 0 Å². The molecule has 0 aliphatic carbocycles. The number of ether oxygens (including phenoxy) is 1. The fourth-order valence-corrected chi connectivity index (χ4v) is 5.01. The molecule has 84 valence electrons. The zero-order valence-electron chi connectivity index (χ0n) is 7.77. The number of rotatable bonds is 2. The van der Waals surface area contributed by atoms with Gasteiger partial charge in [-0.3, -0.25) is 5.32 Å². The van der Waals surface area contributed by atoms with E-state index < -0.39 is 15.2 Å². The Morgan fingerprint density at radius 3 is 2.87 bits per heavy atom. The average molecular weight is 312 g/mol. The highest BCUT2D eigenvalue weighted by atomic mass is 79.9. The van der Waals surface area contributed by atoms with Crippen LogP contribution in [0.3, 0.4) is 0 Å². The maximum Gasteiger partial charge on any atom is 0.205 e. The van der Waals surface area contributed by atoms with Crippen molar-refractivity contribution in [2.75, 3.05) is 19.8 Å². The lowest BCUT2D eigenvalue weighted by Crippen LogP contribution is -2.46. The number of hydrogen-bond donors (Lipinski definition) is 1. The van der Waals surface area contributed by atoms with Crippen LogP contribution in [-0.4, -0.2) is 33.6 Å². The standard InChI is InChI=1S/C8H10BrNO3S2/c9-6-1-2-8(14-6)15(11,12)7-5-13-4-3-10-7/h1-2,7,10H,3-5H2. The number of halogens is 1. The van der Waals surface area contributed by atoms with Crippen LogP contribution in [0.4, 0.5) is 0 Å². The maximum atomic E-state index is 12.0. The van der Waals surface area contributed by atoms with Crippen LogP contribution in [0.2, 0.25) is 0 Å². The van der Waals surface area contributed by atoms with Crippen molar-refractivity contribution in [3.8, 4) is 0 Å². The Kier molecular flexibility index (Phi) is 3.46. The molecule has 0 saturated carbocycles. The summed E-state index contributed by atoms with van der Waals surface area (Å²) in [6.07, 6.45) is 0. The Balaban J connectivity index is 2.26. The summed E-state index contributed by atoms with van der Waals surface area (Å²) in [5, 5.41) is 2.33. The summed E-state index contributed by atoms with van der Waals surface area (Å²) in [4.78, 5) is 0. The summed E-state index contributed by atoms with van der Waals surface area (Å²) in [6, 6.07) is 3.35. The van der Waals surface area contributed by atoms with E-state index >= 15 is 0 Å². The normalized spacial score (nSPS) is 22.9. The van der Waals surface area contributed by atoms with Crippen molar-refractivity contribution in [1.29, 1.82) is 0 Å². The molecule has 0 aromatic carbocycles. The van der Waals surface area contributed by atoms with Gasteiger partial charge in [0.05, 0.1) is 17.0 Å². The van der Waals surface area contributed by atoms with E-state index in [1.165, 1.54) is 11.3 Å². The molecule has 1 aromatic rings. The first-order valence-electron chi connectivity index (χ1n) is 4.41. The second-order valence-electron chi connectivity index (χ2n) is 3.12. The molecule has 1 aliphatic heterocycles. The predicted octanol–water partition coefficient (Wildman–Crippen LogP) is 1.23. The van der Waals surface area contributed by atoms with Gasteiger partial charge >= 0.3 is 0 Å². The molecule has 0 spiro atoms. The van der Waals surface area contributed by atoms with Crippen molar-refractivity contribution < 1.29 is 13.2 Å². The van der Waals surface area contributed by atoms with Crippen LogP contribution in [0.15, 0.2) is 20.1 Å². The number of nitrogens with one attached hydrogen (secondary N) is 1. The highest BCUT2D eigenvalue weighted by molar-refractivity contribution is 9.11. The Bertz CT molecular complexity index is 436. The molecule has 1 saturated heterocycles. The molecule has 0 bridgehead atoms. The molecule has 1 unspecified atom stereocenters. The third-order valence-electron chi connectivity index (χ3n) is 2.09. The van der Waals surface area contributed by atoms with Gasteiger partial charge in [0.25, 0.3) is 0 Å². The summed E-state index contributed by atoms with van der Waals surface area (Å²) < 4.78 is 30.4. The van der Waals surface area contributed by atoms with Crippen molar-refractivity contribution in [3.63, 3.8) is 0 Å². The van der Waals surface area contributed by atoms with Gasteiger partial charge in [-0.1, -0.05) is 0 Å². The Morgan fingerprint density at radius 2 is 2.33 bits per heavy atom. The number of thiophene rings is 1. The second-order valence-corrected chi connectivity index (χ2v) is 7.94. The van der Waals surface area contributed by atoms with Crippen LogP contribution in [0.5, 0.6) is 0 Å². The Hall–Kier alpha value is 0.0500. The molecule has 2 heterocycles. The van der Waals surface area contributed by atoms with Gasteiger partial charge in [-0.15, -0.1) is 11.3 Å². The fourth-order valence-electron chi connectivity index (χ4n) is 1.33. The van der Waals surface area contributed by atoms with Crippen molar-refractivity contribution in [2.24, 2.45) is 0 Å². The van der Waals surface area contributed by atoms with E-state index in [2.05, 4.69) is 21.2 Å². The molecule has 1 aliphatic rings. The summed E-state index contributed by atoms with van der Waals surface area (Å²) in [5.41, 5.74) is 0. The zero-order valence-corrected chi connectivity index (χ0v) is 11.0. The van der Waals surface area contributed by atoms with E-state index in [9.17, 15) is 8.42 Å². The van der Waals surface area contributed by atoms with E-state index in [0.717, 1.165) is 3.79 Å². The van der Waals surface area contributed by atoms with Crippen LogP contribution < -0.4 is 5.32 Å². The van der Waals surface area contributed by atoms with E-state index in [-0.39, 0.29) is 6.61 Å². The van der Waals surface area contributed by atoms with Gasteiger partial charge in [0.2, 0.25) is 9.84 Å². The van der Waals surface area contributed by atoms with Crippen molar-refractivity contribution >= 4 is 37.1 Å².